The molecule has 1 N–H and O–H groups in total. The Morgan fingerprint density at radius 2 is 1.91 bits per heavy atom. The van der Waals surface area contributed by atoms with E-state index < -0.39 is 5.60 Å². The van der Waals surface area contributed by atoms with Gasteiger partial charge in [0.25, 0.3) is 5.91 Å². The Morgan fingerprint density at radius 1 is 1.15 bits per heavy atom. The Hall–Kier alpha value is -3.48. The van der Waals surface area contributed by atoms with Crippen LogP contribution in [0.5, 0.6) is 5.75 Å². The topological polar surface area (TPSA) is 81.0 Å². The molecule has 34 heavy (non-hydrogen) atoms. The first-order chi connectivity index (χ1) is 16.1. The number of carbonyl (C=O) groups is 2. The summed E-state index contributed by atoms with van der Waals surface area (Å²) in [6.07, 6.45) is 0.314. The molecule has 0 radical (unpaired) electrons. The van der Waals surface area contributed by atoms with Gasteiger partial charge in [-0.3, -0.25) is 4.79 Å². The van der Waals surface area contributed by atoms with Gasteiger partial charge in [0.2, 0.25) is 0 Å². The van der Waals surface area contributed by atoms with Crippen molar-refractivity contribution in [2.75, 3.05) is 13.1 Å². The minimum atomic E-state index is -0.551. The summed E-state index contributed by atoms with van der Waals surface area (Å²) >= 11 is 0. The Labute approximate surface area is 200 Å². The van der Waals surface area contributed by atoms with E-state index in [9.17, 15) is 9.59 Å². The number of hydrogen-bond acceptors (Lipinski definition) is 5. The van der Waals surface area contributed by atoms with Crippen LogP contribution >= 0.6 is 0 Å². The highest BCUT2D eigenvalue weighted by molar-refractivity contribution is 6.07. The van der Waals surface area contributed by atoms with E-state index >= 15 is 0 Å². The first-order valence-corrected chi connectivity index (χ1v) is 11.6. The van der Waals surface area contributed by atoms with E-state index in [0.717, 1.165) is 5.56 Å². The third-order valence-corrected chi connectivity index (χ3v) is 5.89. The summed E-state index contributed by atoms with van der Waals surface area (Å²) < 4.78 is 17.3. The van der Waals surface area contributed by atoms with Crippen molar-refractivity contribution >= 4 is 23.0 Å². The summed E-state index contributed by atoms with van der Waals surface area (Å²) in [5.41, 5.74) is 2.85. The Kier molecular flexibility index (Phi) is 6.55. The molecule has 4 rings (SSSR count). The van der Waals surface area contributed by atoms with Crippen molar-refractivity contribution in [2.45, 2.75) is 59.3 Å². The largest absolute Gasteiger partial charge is 0.489 e. The minimum absolute atomic E-state index is 0.148. The second-order valence-electron chi connectivity index (χ2n) is 9.79. The molecule has 1 fully saturated rings. The number of furan rings is 1. The maximum atomic E-state index is 13.2. The molecule has 1 atom stereocenters. The SMILES string of the molecule is Cc1ccccc1COc1ccc2oc(C)c(C(=O)N[C@@H]3CCN(C(=O)OC(C)(C)C)C3)c2c1. The van der Waals surface area contributed by atoms with Gasteiger partial charge in [0.1, 0.15) is 29.3 Å². The molecule has 0 aliphatic carbocycles. The number of nitrogens with zero attached hydrogens (tertiary/aromatic N) is 1. The van der Waals surface area contributed by atoms with Crippen molar-refractivity contribution in [3.63, 3.8) is 0 Å². The first kappa shape index (κ1) is 23.7. The number of benzene rings is 2. The molecule has 1 aliphatic heterocycles. The number of amides is 2. The number of rotatable bonds is 5. The molecule has 2 heterocycles. The van der Waals surface area contributed by atoms with E-state index in [-0.39, 0.29) is 18.0 Å². The summed E-state index contributed by atoms with van der Waals surface area (Å²) in [7, 11) is 0. The lowest BCUT2D eigenvalue weighted by molar-refractivity contribution is 0.0290. The quantitative estimate of drug-likeness (QED) is 0.549. The van der Waals surface area contributed by atoms with Gasteiger partial charge in [-0.25, -0.2) is 4.79 Å². The van der Waals surface area contributed by atoms with E-state index in [1.165, 1.54) is 5.56 Å². The van der Waals surface area contributed by atoms with Crippen molar-refractivity contribution in [2.24, 2.45) is 0 Å². The van der Waals surface area contributed by atoms with E-state index in [1.807, 2.05) is 57.2 Å². The summed E-state index contributed by atoms with van der Waals surface area (Å²) in [6.45, 7) is 10.8. The molecular formula is C27H32N2O5. The van der Waals surface area contributed by atoms with Crippen molar-refractivity contribution in [3.8, 4) is 5.75 Å². The van der Waals surface area contributed by atoms with Crippen LogP contribution in [0.25, 0.3) is 11.0 Å². The zero-order chi connectivity index (χ0) is 24.5. The van der Waals surface area contributed by atoms with Gasteiger partial charge in [0.15, 0.2) is 0 Å². The minimum Gasteiger partial charge on any atom is -0.489 e. The molecule has 2 aromatic carbocycles. The highest BCUT2D eigenvalue weighted by Gasteiger charge is 2.31. The fourth-order valence-electron chi connectivity index (χ4n) is 4.13. The van der Waals surface area contributed by atoms with Gasteiger partial charge in [-0.2, -0.15) is 0 Å². The molecule has 7 nitrogen and oxygen atoms in total. The van der Waals surface area contributed by atoms with Gasteiger partial charge in [0.05, 0.1) is 5.56 Å². The summed E-state index contributed by atoms with van der Waals surface area (Å²) in [5.74, 6) is 0.997. The van der Waals surface area contributed by atoms with Crippen molar-refractivity contribution in [1.82, 2.24) is 10.2 Å². The zero-order valence-corrected chi connectivity index (χ0v) is 20.4. The van der Waals surface area contributed by atoms with Crippen LogP contribution in [0.3, 0.4) is 0 Å². The molecule has 0 saturated carbocycles. The van der Waals surface area contributed by atoms with Gasteiger partial charge in [-0.1, -0.05) is 24.3 Å². The van der Waals surface area contributed by atoms with Gasteiger partial charge in [0, 0.05) is 24.5 Å². The lowest BCUT2D eigenvalue weighted by Crippen LogP contribution is -2.40. The average Bonchev–Trinajstić information content (AvgIpc) is 3.35. The number of hydrogen-bond donors (Lipinski definition) is 1. The van der Waals surface area contributed by atoms with Crippen LogP contribution in [-0.4, -0.2) is 41.6 Å². The molecule has 0 spiro atoms. The van der Waals surface area contributed by atoms with Crippen LogP contribution < -0.4 is 10.1 Å². The van der Waals surface area contributed by atoms with E-state index in [2.05, 4.69) is 18.3 Å². The van der Waals surface area contributed by atoms with Crippen molar-refractivity contribution < 1.29 is 23.5 Å². The van der Waals surface area contributed by atoms with E-state index in [4.69, 9.17) is 13.9 Å². The second kappa shape index (κ2) is 9.41. The Bertz CT molecular complexity index is 1210. The average molecular weight is 465 g/mol. The maximum absolute atomic E-state index is 13.2. The third-order valence-electron chi connectivity index (χ3n) is 5.89. The zero-order valence-electron chi connectivity index (χ0n) is 20.4. The van der Waals surface area contributed by atoms with Crippen LogP contribution in [0.4, 0.5) is 4.79 Å². The van der Waals surface area contributed by atoms with E-state index in [1.54, 1.807) is 11.8 Å². The van der Waals surface area contributed by atoms with Gasteiger partial charge >= 0.3 is 6.09 Å². The molecule has 3 aromatic rings. The van der Waals surface area contributed by atoms with Crippen LogP contribution in [0.1, 0.15) is 54.4 Å². The smallest absolute Gasteiger partial charge is 0.410 e. The Morgan fingerprint density at radius 3 is 2.65 bits per heavy atom. The van der Waals surface area contributed by atoms with Crippen molar-refractivity contribution in [1.29, 1.82) is 0 Å². The fraction of sp³-hybridized carbons (Fsp3) is 0.407. The Balaban J connectivity index is 1.45. The van der Waals surface area contributed by atoms with Gasteiger partial charge in [-0.05, 0) is 70.4 Å². The fourth-order valence-corrected chi connectivity index (χ4v) is 4.13. The summed E-state index contributed by atoms with van der Waals surface area (Å²) in [4.78, 5) is 27.2. The molecule has 0 unspecified atom stereocenters. The second-order valence-corrected chi connectivity index (χ2v) is 9.79. The first-order valence-electron chi connectivity index (χ1n) is 11.6. The summed E-state index contributed by atoms with van der Waals surface area (Å²) in [6, 6.07) is 13.5. The van der Waals surface area contributed by atoms with Gasteiger partial charge < -0.3 is 24.1 Å². The summed E-state index contributed by atoms with van der Waals surface area (Å²) in [5, 5.41) is 3.77. The molecule has 1 aliphatic rings. The third kappa shape index (κ3) is 5.35. The monoisotopic (exact) mass is 464 g/mol. The molecule has 7 heteroatoms. The maximum Gasteiger partial charge on any atom is 0.410 e. The van der Waals surface area contributed by atoms with Crippen LogP contribution in [0.15, 0.2) is 46.9 Å². The number of nitrogens with one attached hydrogen (secondary N) is 1. The molecule has 0 bridgehead atoms. The lowest BCUT2D eigenvalue weighted by Gasteiger charge is -2.24. The van der Waals surface area contributed by atoms with Crippen LogP contribution in [0.2, 0.25) is 0 Å². The standard InChI is InChI=1S/C27H32N2O5/c1-17-8-6-7-9-19(17)16-32-21-10-11-23-22(14-21)24(18(2)33-23)25(30)28-20-12-13-29(15-20)26(31)34-27(3,4)5/h6-11,14,20H,12-13,15-16H2,1-5H3,(H,28,30)/t20-/m1/s1. The normalized spacial score (nSPS) is 16.0. The predicted octanol–water partition coefficient (Wildman–Crippen LogP) is 5.37. The predicted molar refractivity (Wildman–Crippen MR) is 130 cm³/mol. The molecule has 1 saturated heterocycles. The number of ether oxygens (including phenoxy) is 2. The highest BCUT2D eigenvalue weighted by Crippen LogP contribution is 2.30. The van der Waals surface area contributed by atoms with Crippen LogP contribution in [0, 0.1) is 13.8 Å². The van der Waals surface area contributed by atoms with E-state index in [0.29, 0.717) is 54.2 Å². The van der Waals surface area contributed by atoms with Gasteiger partial charge in [-0.15, -0.1) is 0 Å². The molecule has 180 valence electrons. The number of likely N-dealkylation sites (tertiary alicyclic amines) is 1. The van der Waals surface area contributed by atoms with Crippen molar-refractivity contribution in [3.05, 3.63) is 64.9 Å². The van der Waals surface area contributed by atoms with Crippen LogP contribution in [-0.2, 0) is 11.3 Å². The number of aryl methyl sites for hydroxylation is 2. The molecule has 1 aromatic heterocycles. The number of carbonyl (C=O) groups excluding carboxylic acids is 2. The molecule has 2 amide bonds. The molecular weight excluding hydrogens is 432 g/mol. The highest BCUT2D eigenvalue weighted by atomic mass is 16.6. The number of fused-ring (bicyclic) bond motifs is 1. The lowest BCUT2D eigenvalue weighted by atomic mass is 10.1.